The fourth-order valence-electron chi connectivity index (χ4n) is 5.01. The number of rotatable bonds is 12. The number of benzene rings is 1. The standard InChI is InChI=1S/C31H30Cl2N4O10/c1-6-14-43-28(41)31(27(40)42-8-3,15-20-12-10-9-11-13-20)44-16-21-30(7-2,47-19(5)39)23(45-18(4)38)26(46-21)37-17-34-22-24(32)35-29(33)36-25(22)37/h2,6,9-14,17,21,23,26H,8,15-16H2,1,3-5H3/b14-6-/t21-,23+,26-,30-,31?/m1/s1. The monoisotopic (exact) mass is 688 g/mol. The number of esters is 4. The van der Waals surface area contributed by atoms with Gasteiger partial charge in [-0.2, -0.15) is 4.98 Å². The molecule has 0 bridgehead atoms. The number of hydrogen-bond acceptors (Lipinski definition) is 13. The number of ether oxygens (including phenoxy) is 6. The lowest BCUT2D eigenvalue weighted by molar-refractivity contribution is -0.198. The second kappa shape index (κ2) is 14.9. The van der Waals surface area contributed by atoms with Crippen molar-refractivity contribution in [3.63, 3.8) is 0 Å². The van der Waals surface area contributed by atoms with E-state index in [0.29, 0.717) is 5.56 Å². The molecule has 3 heterocycles. The largest absolute Gasteiger partial charge is 0.463 e. The first kappa shape index (κ1) is 35.3. The zero-order chi connectivity index (χ0) is 34.4. The van der Waals surface area contributed by atoms with Crippen LogP contribution < -0.4 is 0 Å². The summed E-state index contributed by atoms with van der Waals surface area (Å²) in [5, 5.41) is -0.308. The molecule has 16 heteroatoms. The summed E-state index contributed by atoms with van der Waals surface area (Å²) in [5.41, 5.74) is -3.88. The maximum absolute atomic E-state index is 13.6. The molecule has 2 aromatic heterocycles. The minimum Gasteiger partial charge on any atom is -0.463 e. The van der Waals surface area contributed by atoms with Crippen molar-refractivity contribution in [2.45, 2.75) is 63.8 Å². The summed E-state index contributed by atoms with van der Waals surface area (Å²) in [6, 6.07) is 8.51. The van der Waals surface area contributed by atoms with E-state index in [9.17, 15) is 19.2 Å². The summed E-state index contributed by atoms with van der Waals surface area (Å²) in [5.74, 6) is -1.46. The van der Waals surface area contributed by atoms with Crippen LogP contribution in [-0.2, 0) is 54.0 Å². The molecule has 0 N–H and O–H groups in total. The number of fused-ring (bicyclic) bond motifs is 1. The normalized spacial score (nSPS) is 21.9. The average molecular weight is 690 g/mol. The number of nitrogens with zero attached hydrogens (tertiary/aromatic N) is 4. The fraction of sp³-hybridized carbons (Fsp3) is 0.387. The van der Waals surface area contributed by atoms with Crippen molar-refractivity contribution in [2.75, 3.05) is 13.2 Å². The van der Waals surface area contributed by atoms with Gasteiger partial charge in [0.15, 0.2) is 17.0 Å². The van der Waals surface area contributed by atoms with Crippen molar-refractivity contribution >= 4 is 58.2 Å². The molecule has 1 aromatic carbocycles. The first-order valence-corrected chi connectivity index (χ1v) is 14.9. The van der Waals surface area contributed by atoms with E-state index < -0.39 is 60.1 Å². The number of imidazole rings is 1. The lowest BCUT2D eigenvalue weighted by Crippen LogP contribution is -2.57. The first-order chi connectivity index (χ1) is 22.4. The van der Waals surface area contributed by atoms with E-state index in [2.05, 4.69) is 20.9 Å². The van der Waals surface area contributed by atoms with Gasteiger partial charge in [0, 0.05) is 20.3 Å². The SMILES string of the molecule is C#C[C@@]1(OC(C)=O)[C@@H](COC(Cc2ccccc2)(C(=O)O/C=C\C)C(=O)OCC)O[C@@H](n2cnc3c(Cl)nc(Cl)nc32)[C@@H]1OC(C)=O. The molecule has 1 saturated heterocycles. The van der Waals surface area contributed by atoms with Crippen molar-refractivity contribution < 1.29 is 47.6 Å². The minimum absolute atomic E-state index is 0.0624. The Hall–Kier alpha value is -4.55. The molecule has 5 atom stereocenters. The summed E-state index contributed by atoms with van der Waals surface area (Å²) in [6.45, 7) is 4.56. The van der Waals surface area contributed by atoms with Crippen LogP contribution in [0.1, 0.15) is 39.5 Å². The van der Waals surface area contributed by atoms with Crippen molar-refractivity contribution in [3.8, 4) is 12.3 Å². The lowest BCUT2D eigenvalue weighted by Gasteiger charge is -2.34. The molecular formula is C31H30Cl2N4O10. The summed E-state index contributed by atoms with van der Waals surface area (Å²) in [4.78, 5) is 64.4. The van der Waals surface area contributed by atoms with Crippen molar-refractivity contribution in [2.24, 2.45) is 0 Å². The second-order valence-electron chi connectivity index (χ2n) is 10.1. The van der Waals surface area contributed by atoms with Crippen molar-refractivity contribution in [1.29, 1.82) is 0 Å². The molecule has 0 saturated carbocycles. The van der Waals surface area contributed by atoms with E-state index in [1.807, 2.05) is 0 Å². The van der Waals surface area contributed by atoms with Gasteiger partial charge in [-0.3, -0.25) is 14.2 Å². The Morgan fingerprint density at radius 1 is 1.13 bits per heavy atom. The zero-order valence-corrected chi connectivity index (χ0v) is 27.2. The van der Waals surface area contributed by atoms with E-state index in [1.54, 1.807) is 44.2 Å². The number of allylic oxidation sites excluding steroid dienone is 1. The van der Waals surface area contributed by atoms with E-state index in [0.717, 1.165) is 20.1 Å². The highest BCUT2D eigenvalue weighted by Gasteiger charge is 2.63. The van der Waals surface area contributed by atoms with Crippen LogP contribution in [0.3, 0.4) is 0 Å². The lowest BCUT2D eigenvalue weighted by atomic mass is 9.91. The molecule has 0 aliphatic carbocycles. The summed E-state index contributed by atoms with van der Waals surface area (Å²) in [6.07, 6.45) is 5.03. The number of halogens is 2. The van der Waals surface area contributed by atoms with Gasteiger partial charge >= 0.3 is 23.9 Å². The summed E-state index contributed by atoms with van der Waals surface area (Å²) >= 11 is 12.3. The van der Waals surface area contributed by atoms with Gasteiger partial charge < -0.3 is 28.4 Å². The van der Waals surface area contributed by atoms with E-state index >= 15 is 0 Å². The van der Waals surface area contributed by atoms with E-state index in [-0.39, 0.29) is 34.6 Å². The Morgan fingerprint density at radius 3 is 2.47 bits per heavy atom. The van der Waals surface area contributed by atoms with Gasteiger partial charge in [-0.05, 0) is 31.0 Å². The third-order valence-corrected chi connectivity index (χ3v) is 7.38. The van der Waals surface area contributed by atoms with Gasteiger partial charge in [0.1, 0.15) is 11.6 Å². The molecular weight excluding hydrogens is 659 g/mol. The number of terminal acetylenes is 1. The van der Waals surface area contributed by atoms with E-state index in [4.69, 9.17) is 58.0 Å². The Morgan fingerprint density at radius 2 is 1.85 bits per heavy atom. The molecule has 1 aliphatic heterocycles. The van der Waals surface area contributed by atoms with Crippen molar-refractivity contribution in [1.82, 2.24) is 19.5 Å². The number of hydrogen-bond donors (Lipinski definition) is 0. The highest BCUT2D eigenvalue weighted by Crippen LogP contribution is 2.44. The van der Waals surface area contributed by atoms with Crippen LogP contribution in [0, 0.1) is 12.3 Å². The van der Waals surface area contributed by atoms with Crippen LogP contribution in [0.5, 0.6) is 0 Å². The Labute approximate surface area is 279 Å². The smallest absolute Gasteiger partial charge is 0.355 e. The third kappa shape index (κ3) is 7.23. The highest BCUT2D eigenvalue weighted by atomic mass is 35.5. The van der Waals surface area contributed by atoms with Crippen LogP contribution in [-0.4, -0.2) is 80.0 Å². The Balaban J connectivity index is 1.85. The third-order valence-electron chi connectivity index (χ3n) is 6.94. The highest BCUT2D eigenvalue weighted by molar-refractivity contribution is 6.35. The van der Waals surface area contributed by atoms with Gasteiger partial charge in [-0.15, -0.1) is 6.42 Å². The van der Waals surface area contributed by atoms with Crippen LogP contribution in [0.25, 0.3) is 11.2 Å². The Kier molecular flexibility index (Phi) is 11.2. The fourth-order valence-corrected chi connectivity index (χ4v) is 5.44. The minimum atomic E-state index is -2.40. The number of carbonyl (C=O) groups excluding carboxylic acids is 4. The maximum Gasteiger partial charge on any atom is 0.355 e. The molecule has 0 spiro atoms. The predicted molar refractivity (Wildman–Crippen MR) is 165 cm³/mol. The number of aromatic nitrogens is 4. The maximum atomic E-state index is 13.6. The average Bonchev–Trinajstić information content (AvgIpc) is 3.57. The molecule has 1 fully saturated rings. The summed E-state index contributed by atoms with van der Waals surface area (Å²) in [7, 11) is 0. The molecule has 1 unspecified atom stereocenters. The number of carbonyl (C=O) groups is 4. The van der Waals surface area contributed by atoms with Crippen LogP contribution in [0.15, 0.2) is 49.0 Å². The second-order valence-corrected chi connectivity index (χ2v) is 10.8. The summed E-state index contributed by atoms with van der Waals surface area (Å²) < 4.78 is 35.6. The predicted octanol–water partition coefficient (Wildman–Crippen LogP) is 3.54. The molecule has 1 aliphatic rings. The van der Waals surface area contributed by atoms with Crippen molar-refractivity contribution in [3.05, 3.63) is 65.0 Å². The van der Waals surface area contributed by atoms with Gasteiger partial charge in [0.2, 0.25) is 17.0 Å². The van der Waals surface area contributed by atoms with Crippen LogP contribution in [0.2, 0.25) is 10.4 Å². The van der Waals surface area contributed by atoms with Crippen LogP contribution in [0.4, 0.5) is 0 Å². The molecule has 14 nitrogen and oxygen atoms in total. The Bertz CT molecular complexity index is 1730. The topological polar surface area (TPSA) is 167 Å². The molecule has 3 aromatic rings. The van der Waals surface area contributed by atoms with Gasteiger partial charge in [0.05, 0.1) is 25.8 Å². The van der Waals surface area contributed by atoms with Crippen LogP contribution >= 0.6 is 23.2 Å². The first-order valence-electron chi connectivity index (χ1n) is 14.1. The zero-order valence-electron chi connectivity index (χ0n) is 25.7. The molecule has 0 amide bonds. The molecule has 248 valence electrons. The quantitative estimate of drug-likeness (QED) is 0.0516. The van der Waals surface area contributed by atoms with Gasteiger partial charge in [-0.25, -0.2) is 19.6 Å². The molecule has 47 heavy (non-hydrogen) atoms. The van der Waals surface area contributed by atoms with E-state index in [1.165, 1.54) is 17.0 Å². The van der Waals surface area contributed by atoms with Gasteiger partial charge in [-0.1, -0.05) is 53.9 Å². The molecule has 4 rings (SSSR count). The molecule has 0 radical (unpaired) electrons. The van der Waals surface area contributed by atoms with Gasteiger partial charge in [0.25, 0.3) is 5.60 Å².